The molecule has 0 radical (unpaired) electrons. The van der Waals surface area contributed by atoms with Gasteiger partial charge >= 0.3 is 0 Å². The molecule has 10 nitrogen and oxygen atoms in total. The Hall–Kier alpha value is -4.86. The predicted molar refractivity (Wildman–Crippen MR) is 132 cm³/mol. The highest BCUT2D eigenvalue weighted by Crippen LogP contribution is 2.26. The summed E-state index contributed by atoms with van der Waals surface area (Å²) in [5, 5.41) is 16.5. The molecule has 0 aliphatic heterocycles. The van der Waals surface area contributed by atoms with Crippen LogP contribution < -0.4 is 16.2 Å². The average Bonchev–Trinajstić information content (AvgIpc) is 2.82. The van der Waals surface area contributed by atoms with Crippen molar-refractivity contribution in [3.05, 3.63) is 92.8 Å². The van der Waals surface area contributed by atoms with Crippen LogP contribution in [0, 0.1) is 17.0 Å². The minimum Gasteiger partial charge on any atom is -0.326 e. The quantitative estimate of drug-likeness (QED) is 0.324. The Balaban J connectivity index is 1.76. The molecule has 1 aromatic heterocycles. The van der Waals surface area contributed by atoms with Crippen molar-refractivity contribution < 1.29 is 14.5 Å². The van der Waals surface area contributed by atoms with E-state index in [1.165, 1.54) is 17.6 Å². The van der Waals surface area contributed by atoms with Gasteiger partial charge in [0.1, 0.15) is 12.2 Å². The first-order valence-electron chi connectivity index (χ1n) is 10.7. The van der Waals surface area contributed by atoms with E-state index in [2.05, 4.69) is 15.6 Å². The fraction of sp³-hybridized carbons (Fsp3) is 0.120. The third-order valence-corrected chi connectivity index (χ3v) is 5.34. The number of rotatable bonds is 6. The molecule has 10 heteroatoms. The molecule has 1 heterocycles. The van der Waals surface area contributed by atoms with E-state index in [0.29, 0.717) is 27.8 Å². The van der Waals surface area contributed by atoms with Gasteiger partial charge in [0.25, 0.3) is 11.2 Å². The number of anilines is 2. The Kier molecular flexibility index (Phi) is 6.36. The zero-order chi connectivity index (χ0) is 25.1. The van der Waals surface area contributed by atoms with Gasteiger partial charge in [-0.3, -0.25) is 29.1 Å². The number of nitrogens with one attached hydrogen (secondary N) is 2. The van der Waals surface area contributed by atoms with Gasteiger partial charge in [0.15, 0.2) is 0 Å². The smallest absolute Gasteiger partial charge is 0.278 e. The van der Waals surface area contributed by atoms with Gasteiger partial charge in [-0.1, -0.05) is 36.4 Å². The third-order valence-electron chi connectivity index (χ3n) is 5.34. The van der Waals surface area contributed by atoms with Gasteiger partial charge in [0, 0.05) is 29.8 Å². The summed E-state index contributed by atoms with van der Waals surface area (Å²) in [6, 6.07) is 18.0. The number of hydrogen-bond acceptors (Lipinski definition) is 6. The van der Waals surface area contributed by atoms with Crippen LogP contribution in [0.1, 0.15) is 12.5 Å². The highest BCUT2D eigenvalue weighted by molar-refractivity contribution is 5.95. The SMILES string of the molecule is CC(=O)Nc1ccccc1-c1nc2ccccc2n(CC(=O)Nc2ccc(C)c([N+](=O)[O-])c2)c1=O. The van der Waals surface area contributed by atoms with E-state index in [4.69, 9.17) is 0 Å². The van der Waals surface area contributed by atoms with Crippen molar-refractivity contribution >= 4 is 39.9 Å². The Labute approximate surface area is 199 Å². The fourth-order valence-electron chi connectivity index (χ4n) is 3.74. The molecular formula is C25H21N5O5. The molecule has 2 N–H and O–H groups in total. The summed E-state index contributed by atoms with van der Waals surface area (Å²) in [6.45, 7) is 2.62. The standard InChI is InChI=1S/C25H21N5O5/c1-15-11-12-17(13-22(15)30(34)35)27-23(32)14-29-21-10-6-5-9-20(21)28-24(25(29)33)18-7-3-4-8-19(18)26-16(2)31/h3-13H,14H2,1-2H3,(H,26,31)(H,27,32). The number of aryl methyl sites for hydroxylation is 1. The van der Waals surface area contributed by atoms with E-state index in [0.717, 1.165) is 0 Å². The number of nitrogens with zero attached hydrogens (tertiary/aromatic N) is 3. The molecule has 4 rings (SSSR count). The molecule has 0 saturated heterocycles. The van der Waals surface area contributed by atoms with Crippen LogP contribution in [0.2, 0.25) is 0 Å². The number of nitro benzene ring substituents is 1. The molecule has 0 aliphatic carbocycles. The van der Waals surface area contributed by atoms with Crippen LogP contribution in [0.4, 0.5) is 17.1 Å². The molecular weight excluding hydrogens is 450 g/mol. The van der Waals surface area contributed by atoms with E-state index in [9.17, 15) is 24.5 Å². The minimum absolute atomic E-state index is 0.0758. The molecule has 4 aromatic rings. The number of carbonyl (C=O) groups excluding carboxylic acids is 2. The summed E-state index contributed by atoms with van der Waals surface area (Å²) in [4.78, 5) is 53.3. The summed E-state index contributed by atoms with van der Waals surface area (Å²) in [5.74, 6) is -0.840. The van der Waals surface area contributed by atoms with Crippen LogP contribution in [0.3, 0.4) is 0 Å². The number of amides is 2. The van der Waals surface area contributed by atoms with E-state index < -0.39 is 16.4 Å². The zero-order valence-electron chi connectivity index (χ0n) is 18.9. The van der Waals surface area contributed by atoms with Crippen molar-refractivity contribution in [2.45, 2.75) is 20.4 Å². The fourth-order valence-corrected chi connectivity index (χ4v) is 3.74. The molecule has 2 amide bonds. The first kappa shape index (κ1) is 23.3. The molecule has 0 atom stereocenters. The number of fused-ring (bicyclic) bond motifs is 1. The number of nitro groups is 1. The zero-order valence-corrected chi connectivity index (χ0v) is 18.9. The summed E-state index contributed by atoms with van der Waals surface area (Å²) < 4.78 is 1.29. The topological polar surface area (TPSA) is 136 Å². The highest BCUT2D eigenvalue weighted by atomic mass is 16.6. The molecule has 0 aliphatic rings. The molecule has 3 aromatic carbocycles. The number of carbonyl (C=O) groups is 2. The van der Waals surface area contributed by atoms with Gasteiger partial charge in [0.05, 0.1) is 21.6 Å². The first-order valence-corrected chi connectivity index (χ1v) is 10.7. The second kappa shape index (κ2) is 9.56. The summed E-state index contributed by atoms with van der Waals surface area (Å²) >= 11 is 0. The van der Waals surface area contributed by atoms with Gasteiger partial charge in [-0.15, -0.1) is 0 Å². The molecule has 0 unspecified atom stereocenters. The lowest BCUT2D eigenvalue weighted by atomic mass is 10.1. The van der Waals surface area contributed by atoms with Gasteiger partial charge in [-0.05, 0) is 31.2 Å². The summed E-state index contributed by atoms with van der Waals surface area (Å²) in [6.07, 6.45) is 0. The molecule has 176 valence electrons. The van der Waals surface area contributed by atoms with E-state index >= 15 is 0 Å². The van der Waals surface area contributed by atoms with Crippen molar-refractivity contribution in [3.63, 3.8) is 0 Å². The summed E-state index contributed by atoms with van der Waals surface area (Å²) in [7, 11) is 0. The second-order valence-corrected chi connectivity index (χ2v) is 7.87. The lowest BCUT2D eigenvalue weighted by Crippen LogP contribution is -2.30. The molecule has 0 saturated carbocycles. The van der Waals surface area contributed by atoms with Gasteiger partial charge in [0.2, 0.25) is 11.8 Å². The second-order valence-electron chi connectivity index (χ2n) is 7.87. The lowest BCUT2D eigenvalue weighted by molar-refractivity contribution is -0.385. The molecule has 0 bridgehead atoms. The maximum Gasteiger partial charge on any atom is 0.278 e. The Bertz CT molecular complexity index is 1540. The van der Waals surface area contributed by atoms with Crippen molar-refractivity contribution in [1.82, 2.24) is 9.55 Å². The van der Waals surface area contributed by atoms with Crippen molar-refractivity contribution in [2.24, 2.45) is 0 Å². The largest absolute Gasteiger partial charge is 0.326 e. The normalized spacial score (nSPS) is 10.7. The summed E-state index contributed by atoms with van der Waals surface area (Å²) in [5.41, 5.74) is 1.91. The molecule has 35 heavy (non-hydrogen) atoms. The van der Waals surface area contributed by atoms with Crippen LogP contribution in [-0.2, 0) is 16.1 Å². The average molecular weight is 471 g/mol. The van der Waals surface area contributed by atoms with Crippen LogP contribution in [-0.4, -0.2) is 26.3 Å². The van der Waals surface area contributed by atoms with E-state index in [-0.39, 0.29) is 29.5 Å². The Morgan fingerprint density at radius 3 is 2.49 bits per heavy atom. The first-order chi connectivity index (χ1) is 16.7. The monoisotopic (exact) mass is 471 g/mol. The van der Waals surface area contributed by atoms with Gasteiger partial charge < -0.3 is 10.6 Å². The van der Waals surface area contributed by atoms with Crippen LogP contribution in [0.5, 0.6) is 0 Å². The Morgan fingerprint density at radius 1 is 1.03 bits per heavy atom. The van der Waals surface area contributed by atoms with E-state index in [1.54, 1.807) is 67.6 Å². The highest BCUT2D eigenvalue weighted by Gasteiger charge is 2.18. The number of aromatic nitrogens is 2. The van der Waals surface area contributed by atoms with Crippen molar-refractivity contribution in [1.29, 1.82) is 0 Å². The van der Waals surface area contributed by atoms with E-state index in [1.807, 2.05) is 0 Å². The van der Waals surface area contributed by atoms with Crippen molar-refractivity contribution in [3.8, 4) is 11.3 Å². The Morgan fingerprint density at radius 2 is 1.74 bits per heavy atom. The number of para-hydroxylation sites is 3. The maximum absolute atomic E-state index is 13.5. The maximum atomic E-state index is 13.5. The predicted octanol–water partition coefficient (Wildman–Crippen LogP) is 3.88. The molecule has 0 fully saturated rings. The van der Waals surface area contributed by atoms with Gasteiger partial charge in [-0.2, -0.15) is 0 Å². The lowest BCUT2D eigenvalue weighted by Gasteiger charge is -2.14. The third kappa shape index (κ3) is 4.91. The van der Waals surface area contributed by atoms with Crippen LogP contribution in [0.25, 0.3) is 22.3 Å². The number of benzene rings is 3. The molecule has 0 spiro atoms. The van der Waals surface area contributed by atoms with Crippen LogP contribution in [0.15, 0.2) is 71.5 Å². The number of hydrogen-bond donors (Lipinski definition) is 2. The van der Waals surface area contributed by atoms with Gasteiger partial charge in [-0.25, -0.2) is 4.98 Å². The van der Waals surface area contributed by atoms with Crippen molar-refractivity contribution in [2.75, 3.05) is 10.6 Å². The minimum atomic E-state index is -0.539. The van der Waals surface area contributed by atoms with Crippen LogP contribution >= 0.6 is 0 Å².